The highest BCUT2D eigenvalue weighted by molar-refractivity contribution is 5.82. The third-order valence-electron chi connectivity index (χ3n) is 3.98. The van der Waals surface area contributed by atoms with Crippen LogP contribution in [0.15, 0.2) is 0 Å². The number of carbonyl (C=O) groups excluding carboxylic acids is 1. The second-order valence-corrected chi connectivity index (χ2v) is 5.81. The summed E-state index contributed by atoms with van der Waals surface area (Å²) < 4.78 is 38.2. The van der Waals surface area contributed by atoms with Crippen molar-refractivity contribution >= 4 is 11.9 Å². The van der Waals surface area contributed by atoms with E-state index >= 15 is 0 Å². The fourth-order valence-electron chi connectivity index (χ4n) is 2.24. The molecule has 0 aliphatic heterocycles. The normalized spacial score (nSPS) is 26.0. The number of nitrogens with one attached hydrogen (secondary N) is 2. The number of carboxylic acid groups (broad SMARTS) is 1. The van der Waals surface area contributed by atoms with Crippen molar-refractivity contribution in [3.8, 4) is 0 Å². The zero-order valence-corrected chi connectivity index (χ0v) is 12.1. The Morgan fingerprint density at radius 2 is 1.71 bits per heavy atom. The molecule has 122 valence electrons. The van der Waals surface area contributed by atoms with E-state index in [4.69, 9.17) is 5.11 Å². The standard InChI is InChI=1S/C13H21F3N2O3/c1-8-3-5-9(6-4-8)18-10(19)7-17-12(2,11(20)21)13(14,15)16/h8-9,17H,3-7H2,1-2H3,(H,18,19)(H,20,21). The Morgan fingerprint density at radius 1 is 1.19 bits per heavy atom. The van der Waals surface area contributed by atoms with E-state index in [1.807, 2.05) is 0 Å². The lowest BCUT2D eigenvalue weighted by Crippen LogP contribution is -2.62. The molecule has 0 radical (unpaired) electrons. The summed E-state index contributed by atoms with van der Waals surface area (Å²) in [6.07, 6.45) is -1.47. The Kier molecular flexibility index (Phi) is 5.61. The molecule has 0 aromatic rings. The van der Waals surface area contributed by atoms with Crippen molar-refractivity contribution < 1.29 is 27.9 Å². The largest absolute Gasteiger partial charge is 0.480 e. The molecule has 21 heavy (non-hydrogen) atoms. The Bertz CT molecular complexity index is 393. The summed E-state index contributed by atoms with van der Waals surface area (Å²) in [6, 6.07) is -0.0440. The van der Waals surface area contributed by atoms with Gasteiger partial charge in [-0.05, 0) is 38.5 Å². The third kappa shape index (κ3) is 4.59. The zero-order valence-electron chi connectivity index (χ0n) is 12.1. The van der Waals surface area contributed by atoms with Crippen LogP contribution in [0.3, 0.4) is 0 Å². The minimum absolute atomic E-state index is 0.0440. The van der Waals surface area contributed by atoms with Crippen LogP contribution in [0.5, 0.6) is 0 Å². The molecule has 0 aromatic carbocycles. The number of alkyl halides is 3. The predicted octanol–water partition coefficient (Wildman–Crippen LogP) is 1.68. The minimum Gasteiger partial charge on any atom is -0.480 e. The average Bonchev–Trinajstić information content (AvgIpc) is 2.37. The van der Waals surface area contributed by atoms with Crippen LogP contribution in [-0.2, 0) is 9.59 Å². The van der Waals surface area contributed by atoms with E-state index in [9.17, 15) is 22.8 Å². The second-order valence-electron chi connectivity index (χ2n) is 5.81. The van der Waals surface area contributed by atoms with Gasteiger partial charge in [-0.2, -0.15) is 13.2 Å². The maximum Gasteiger partial charge on any atom is 0.417 e. The molecule has 5 nitrogen and oxygen atoms in total. The first-order chi connectivity index (χ1) is 9.56. The van der Waals surface area contributed by atoms with Crippen LogP contribution in [0, 0.1) is 5.92 Å². The van der Waals surface area contributed by atoms with Crippen LogP contribution in [0.4, 0.5) is 13.2 Å². The van der Waals surface area contributed by atoms with E-state index in [-0.39, 0.29) is 6.04 Å². The van der Waals surface area contributed by atoms with E-state index in [0.717, 1.165) is 25.7 Å². The highest BCUT2D eigenvalue weighted by atomic mass is 19.4. The van der Waals surface area contributed by atoms with Crippen molar-refractivity contribution in [1.29, 1.82) is 0 Å². The van der Waals surface area contributed by atoms with Crippen LogP contribution in [-0.4, -0.2) is 41.3 Å². The maximum atomic E-state index is 12.7. The Hall–Kier alpha value is -1.31. The summed E-state index contributed by atoms with van der Waals surface area (Å²) >= 11 is 0. The van der Waals surface area contributed by atoms with Gasteiger partial charge in [0.2, 0.25) is 11.4 Å². The predicted molar refractivity (Wildman–Crippen MR) is 69.7 cm³/mol. The molecule has 1 aliphatic carbocycles. The quantitative estimate of drug-likeness (QED) is 0.722. The van der Waals surface area contributed by atoms with E-state index in [1.165, 1.54) is 0 Å². The number of hydrogen-bond donors (Lipinski definition) is 3. The smallest absolute Gasteiger partial charge is 0.417 e. The fraction of sp³-hybridized carbons (Fsp3) is 0.846. The molecule has 1 amide bonds. The Balaban J connectivity index is 2.49. The molecule has 1 fully saturated rings. The number of halogens is 3. The molecular formula is C13H21F3N2O3. The van der Waals surface area contributed by atoms with E-state index in [2.05, 4.69) is 12.2 Å². The van der Waals surface area contributed by atoms with Crippen LogP contribution in [0.25, 0.3) is 0 Å². The maximum absolute atomic E-state index is 12.7. The Morgan fingerprint density at radius 3 is 2.14 bits per heavy atom. The Labute approximate surface area is 121 Å². The molecule has 3 N–H and O–H groups in total. The van der Waals surface area contributed by atoms with Gasteiger partial charge in [0.1, 0.15) is 0 Å². The lowest BCUT2D eigenvalue weighted by molar-refractivity contribution is -0.205. The van der Waals surface area contributed by atoms with E-state index < -0.39 is 30.1 Å². The summed E-state index contributed by atoms with van der Waals surface area (Å²) in [4.78, 5) is 22.4. The van der Waals surface area contributed by atoms with Gasteiger partial charge in [-0.1, -0.05) is 6.92 Å². The lowest BCUT2D eigenvalue weighted by atomic mass is 9.87. The van der Waals surface area contributed by atoms with Crippen LogP contribution in [0.1, 0.15) is 39.5 Å². The monoisotopic (exact) mass is 310 g/mol. The first-order valence-corrected chi connectivity index (χ1v) is 6.90. The number of carboxylic acids is 1. The molecule has 1 rings (SSSR count). The van der Waals surface area contributed by atoms with Gasteiger partial charge in [-0.3, -0.25) is 10.1 Å². The number of carbonyl (C=O) groups is 2. The molecular weight excluding hydrogens is 289 g/mol. The van der Waals surface area contributed by atoms with Crippen LogP contribution < -0.4 is 10.6 Å². The van der Waals surface area contributed by atoms with Gasteiger partial charge < -0.3 is 10.4 Å². The van der Waals surface area contributed by atoms with Crippen molar-refractivity contribution in [1.82, 2.24) is 10.6 Å². The second kappa shape index (κ2) is 6.64. The first kappa shape index (κ1) is 17.7. The van der Waals surface area contributed by atoms with E-state index in [0.29, 0.717) is 12.8 Å². The SMILES string of the molecule is CC1CCC(NC(=O)CNC(C)(C(=O)O)C(F)(F)F)CC1. The molecule has 0 spiro atoms. The molecule has 0 bridgehead atoms. The van der Waals surface area contributed by atoms with Gasteiger partial charge in [0.15, 0.2) is 0 Å². The summed E-state index contributed by atoms with van der Waals surface area (Å²) in [7, 11) is 0. The summed E-state index contributed by atoms with van der Waals surface area (Å²) in [5.41, 5.74) is -3.13. The van der Waals surface area contributed by atoms with Crippen LogP contribution in [0.2, 0.25) is 0 Å². The average molecular weight is 310 g/mol. The number of hydrogen-bond acceptors (Lipinski definition) is 3. The zero-order chi connectivity index (χ0) is 16.3. The molecule has 1 saturated carbocycles. The summed E-state index contributed by atoms with van der Waals surface area (Å²) in [6.45, 7) is 1.93. The topological polar surface area (TPSA) is 78.4 Å². The number of amides is 1. The molecule has 0 saturated heterocycles. The van der Waals surface area contributed by atoms with Crippen molar-refractivity contribution in [2.24, 2.45) is 5.92 Å². The van der Waals surface area contributed by atoms with Crippen molar-refractivity contribution in [3.63, 3.8) is 0 Å². The third-order valence-corrected chi connectivity index (χ3v) is 3.98. The van der Waals surface area contributed by atoms with Crippen LogP contribution >= 0.6 is 0 Å². The van der Waals surface area contributed by atoms with Crippen molar-refractivity contribution in [2.45, 2.75) is 57.3 Å². The van der Waals surface area contributed by atoms with Gasteiger partial charge in [0.25, 0.3) is 0 Å². The lowest BCUT2D eigenvalue weighted by Gasteiger charge is -2.30. The number of rotatable bonds is 5. The van der Waals surface area contributed by atoms with E-state index in [1.54, 1.807) is 5.32 Å². The van der Waals surface area contributed by atoms with Gasteiger partial charge in [-0.15, -0.1) is 0 Å². The van der Waals surface area contributed by atoms with Gasteiger partial charge in [-0.25, -0.2) is 4.79 Å². The number of aliphatic carboxylic acids is 1. The molecule has 1 unspecified atom stereocenters. The minimum atomic E-state index is -4.99. The summed E-state index contributed by atoms with van der Waals surface area (Å²) in [5.74, 6) is -2.09. The molecule has 0 heterocycles. The highest BCUT2D eigenvalue weighted by Crippen LogP contribution is 2.30. The van der Waals surface area contributed by atoms with Crippen molar-refractivity contribution in [2.75, 3.05) is 6.54 Å². The van der Waals surface area contributed by atoms with Gasteiger partial charge in [0.05, 0.1) is 6.54 Å². The highest BCUT2D eigenvalue weighted by Gasteiger charge is 2.57. The van der Waals surface area contributed by atoms with Gasteiger partial charge in [0, 0.05) is 6.04 Å². The molecule has 0 aromatic heterocycles. The molecule has 1 aliphatic rings. The molecule has 1 atom stereocenters. The first-order valence-electron chi connectivity index (χ1n) is 6.90. The van der Waals surface area contributed by atoms with Crippen molar-refractivity contribution in [3.05, 3.63) is 0 Å². The van der Waals surface area contributed by atoms with Gasteiger partial charge >= 0.3 is 12.1 Å². The summed E-state index contributed by atoms with van der Waals surface area (Å²) in [5, 5.41) is 13.2. The fourth-order valence-corrected chi connectivity index (χ4v) is 2.24. The molecule has 8 heteroatoms.